The van der Waals surface area contributed by atoms with Gasteiger partial charge in [-0.1, -0.05) is 48.6 Å². The number of rotatable bonds is 3. The summed E-state index contributed by atoms with van der Waals surface area (Å²) in [5.41, 5.74) is 0. The lowest BCUT2D eigenvalue weighted by molar-refractivity contribution is -0.134. The molecule has 3 heteroatoms. The molecule has 1 aromatic carbocycles. The Morgan fingerprint density at radius 1 is 1.31 bits per heavy atom. The molecular formula is C10H14O2Si. The second-order valence-electron chi connectivity index (χ2n) is 3.82. The van der Waals surface area contributed by atoms with Gasteiger partial charge < -0.3 is 5.11 Å². The standard InChI is InChI=1S/C10H14O2Si/c1-13(2,8-10(11)12)9-6-4-3-5-7-9/h3-7H,8H2,1-2H3,(H,11,12). The molecule has 0 aliphatic carbocycles. The van der Waals surface area contributed by atoms with Crippen molar-refractivity contribution in [2.75, 3.05) is 0 Å². The number of hydrogen-bond acceptors (Lipinski definition) is 1. The Morgan fingerprint density at radius 3 is 2.31 bits per heavy atom. The first-order valence-electron chi connectivity index (χ1n) is 4.30. The second-order valence-corrected chi connectivity index (χ2v) is 8.52. The predicted molar refractivity (Wildman–Crippen MR) is 56.0 cm³/mol. The van der Waals surface area contributed by atoms with Crippen molar-refractivity contribution in [3.05, 3.63) is 30.3 Å². The number of benzene rings is 1. The second kappa shape index (κ2) is 3.74. The summed E-state index contributed by atoms with van der Waals surface area (Å²) in [6, 6.07) is 10.2. The van der Waals surface area contributed by atoms with Crippen LogP contribution in [0.3, 0.4) is 0 Å². The van der Waals surface area contributed by atoms with Gasteiger partial charge in [0.1, 0.15) is 0 Å². The summed E-state index contributed by atoms with van der Waals surface area (Å²) in [6.07, 6.45) is 0. The molecule has 0 atom stereocenters. The normalized spacial score (nSPS) is 11.2. The average molecular weight is 194 g/mol. The van der Waals surface area contributed by atoms with Crippen molar-refractivity contribution in [1.82, 2.24) is 0 Å². The molecule has 1 rings (SSSR count). The van der Waals surface area contributed by atoms with E-state index in [1.165, 1.54) is 5.19 Å². The third-order valence-corrected chi connectivity index (χ3v) is 5.23. The van der Waals surface area contributed by atoms with E-state index < -0.39 is 14.0 Å². The maximum Gasteiger partial charge on any atom is 0.300 e. The van der Waals surface area contributed by atoms with E-state index in [1.807, 2.05) is 30.3 Å². The fourth-order valence-electron chi connectivity index (χ4n) is 1.37. The first kappa shape index (κ1) is 9.99. The molecular weight excluding hydrogens is 180 g/mol. The SMILES string of the molecule is C[Si](C)(CC(=O)O)c1ccccc1. The van der Waals surface area contributed by atoms with Gasteiger partial charge >= 0.3 is 5.97 Å². The molecule has 1 aromatic rings. The first-order chi connectivity index (χ1) is 6.02. The zero-order valence-corrected chi connectivity index (χ0v) is 8.95. The Kier molecular flexibility index (Phi) is 2.88. The lowest BCUT2D eigenvalue weighted by atomic mass is 10.4. The smallest absolute Gasteiger partial charge is 0.300 e. The van der Waals surface area contributed by atoms with Crippen LogP contribution in [0, 0.1) is 0 Å². The zero-order valence-electron chi connectivity index (χ0n) is 7.95. The third-order valence-electron chi connectivity index (χ3n) is 2.15. The highest BCUT2D eigenvalue weighted by Gasteiger charge is 2.25. The molecule has 0 heterocycles. The minimum Gasteiger partial charge on any atom is -0.481 e. The van der Waals surface area contributed by atoms with Crippen molar-refractivity contribution in [2.24, 2.45) is 0 Å². The van der Waals surface area contributed by atoms with Gasteiger partial charge in [-0.3, -0.25) is 4.79 Å². The molecule has 0 amide bonds. The van der Waals surface area contributed by atoms with Crippen LogP contribution in [0.4, 0.5) is 0 Å². The predicted octanol–water partition coefficient (Wildman–Crippen LogP) is 1.69. The Morgan fingerprint density at radius 2 is 1.85 bits per heavy atom. The first-order valence-corrected chi connectivity index (χ1v) is 7.50. The van der Waals surface area contributed by atoms with Crippen molar-refractivity contribution < 1.29 is 9.90 Å². The van der Waals surface area contributed by atoms with E-state index in [-0.39, 0.29) is 0 Å². The van der Waals surface area contributed by atoms with E-state index >= 15 is 0 Å². The molecule has 70 valence electrons. The monoisotopic (exact) mass is 194 g/mol. The molecule has 13 heavy (non-hydrogen) atoms. The molecule has 0 aliphatic rings. The largest absolute Gasteiger partial charge is 0.481 e. The van der Waals surface area contributed by atoms with E-state index in [9.17, 15) is 4.79 Å². The van der Waals surface area contributed by atoms with Gasteiger partial charge in [0.25, 0.3) is 0 Å². The van der Waals surface area contributed by atoms with Gasteiger partial charge in [-0.2, -0.15) is 0 Å². The average Bonchev–Trinajstić information content (AvgIpc) is 2.04. The molecule has 0 aromatic heterocycles. The zero-order chi connectivity index (χ0) is 9.90. The van der Waals surface area contributed by atoms with Crippen LogP contribution in [-0.2, 0) is 4.79 Å². The van der Waals surface area contributed by atoms with Crippen LogP contribution in [-0.4, -0.2) is 19.1 Å². The van der Waals surface area contributed by atoms with Crippen LogP contribution in [0.15, 0.2) is 30.3 Å². The van der Waals surface area contributed by atoms with Gasteiger partial charge in [-0.25, -0.2) is 0 Å². The Bertz CT molecular complexity index is 293. The summed E-state index contributed by atoms with van der Waals surface area (Å²) >= 11 is 0. The Hall–Kier alpha value is -1.09. The molecule has 0 radical (unpaired) electrons. The summed E-state index contributed by atoms with van der Waals surface area (Å²) in [5, 5.41) is 9.95. The number of aliphatic carboxylic acids is 1. The minimum absolute atomic E-state index is 0.303. The summed E-state index contributed by atoms with van der Waals surface area (Å²) in [7, 11) is -1.74. The number of carboxylic acid groups (broad SMARTS) is 1. The van der Waals surface area contributed by atoms with Crippen molar-refractivity contribution in [1.29, 1.82) is 0 Å². The lowest BCUT2D eigenvalue weighted by Crippen LogP contribution is -2.42. The highest BCUT2D eigenvalue weighted by molar-refractivity contribution is 6.91. The van der Waals surface area contributed by atoms with Crippen molar-refractivity contribution in [3.63, 3.8) is 0 Å². The minimum atomic E-state index is -1.74. The van der Waals surface area contributed by atoms with Gasteiger partial charge in [0.15, 0.2) is 0 Å². The third kappa shape index (κ3) is 2.70. The van der Waals surface area contributed by atoms with Crippen LogP contribution < -0.4 is 5.19 Å². The summed E-state index contributed by atoms with van der Waals surface area (Å²) < 4.78 is 0. The van der Waals surface area contributed by atoms with Gasteiger partial charge in [-0.05, 0) is 0 Å². The molecule has 2 nitrogen and oxygen atoms in total. The quantitative estimate of drug-likeness (QED) is 0.743. The molecule has 1 N–H and O–H groups in total. The summed E-state index contributed by atoms with van der Waals surface area (Å²) in [6.45, 7) is 4.16. The molecule has 0 unspecified atom stereocenters. The van der Waals surface area contributed by atoms with Gasteiger partial charge in [0.2, 0.25) is 0 Å². The van der Waals surface area contributed by atoms with Crippen molar-refractivity contribution >= 4 is 19.2 Å². The van der Waals surface area contributed by atoms with Crippen molar-refractivity contribution in [2.45, 2.75) is 19.1 Å². The highest BCUT2D eigenvalue weighted by Crippen LogP contribution is 2.09. The van der Waals surface area contributed by atoms with Crippen LogP contribution >= 0.6 is 0 Å². The number of carboxylic acids is 1. The Balaban J connectivity index is 2.87. The van der Waals surface area contributed by atoms with E-state index in [0.29, 0.717) is 6.04 Å². The lowest BCUT2D eigenvalue weighted by Gasteiger charge is -2.20. The van der Waals surface area contributed by atoms with E-state index in [4.69, 9.17) is 5.11 Å². The number of carbonyl (C=O) groups is 1. The van der Waals surface area contributed by atoms with Crippen LogP contribution in [0.2, 0.25) is 19.1 Å². The van der Waals surface area contributed by atoms with E-state index in [2.05, 4.69) is 13.1 Å². The highest BCUT2D eigenvalue weighted by atomic mass is 28.3. The fourth-order valence-corrected chi connectivity index (χ4v) is 3.42. The van der Waals surface area contributed by atoms with Crippen LogP contribution in [0.25, 0.3) is 0 Å². The fraction of sp³-hybridized carbons (Fsp3) is 0.300. The summed E-state index contributed by atoms with van der Waals surface area (Å²) in [5.74, 6) is -0.694. The topological polar surface area (TPSA) is 37.3 Å². The number of hydrogen-bond donors (Lipinski definition) is 1. The molecule has 0 fully saturated rings. The molecule has 0 saturated carbocycles. The summed E-state index contributed by atoms with van der Waals surface area (Å²) in [4.78, 5) is 10.6. The van der Waals surface area contributed by atoms with Gasteiger partial charge in [0, 0.05) is 6.04 Å². The van der Waals surface area contributed by atoms with Gasteiger partial charge in [0.05, 0.1) is 8.07 Å². The van der Waals surface area contributed by atoms with Gasteiger partial charge in [-0.15, -0.1) is 0 Å². The Labute approximate surface area is 79.2 Å². The van der Waals surface area contributed by atoms with Crippen molar-refractivity contribution in [3.8, 4) is 0 Å². The van der Waals surface area contributed by atoms with E-state index in [1.54, 1.807) is 0 Å². The van der Waals surface area contributed by atoms with E-state index in [0.717, 1.165) is 0 Å². The molecule has 0 aliphatic heterocycles. The maximum absolute atomic E-state index is 10.6. The van der Waals surface area contributed by atoms with Crippen LogP contribution in [0.5, 0.6) is 0 Å². The molecule has 0 saturated heterocycles. The molecule has 0 bridgehead atoms. The van der Waals surface area contributed by atoms with Crippen LogP contribution in [0.1, 0.15) is 0 Å². The maximum atomic E-state index is 10.6. The molecule has 0 spiro atoms.